The zero-order chi connectivity index (χ0) is 18.0. The van der Waals surface area contributed by atoms with Crippen molar-refractivity contribution in [2.45, 2.75) is 49.9 Å². The van der Waals surface area contributed by atoms with Gasteiger partial charge in [-0.3, -0.25) is 9.59 Å². The number of rotatable bonds is 1. The zero-order valence-corrected chi connectivity index (χ0v) is 14.1. The second-order valence-electron chi connectivity index (χ2n) is 8.94. The van der Waals surface area contributed by atoms with Crippen LogP contribution in [0, 0.1) is 28.6 Å². The van der Waals surface area contributed by atoms with Gasteiger partial charge < -0.3 is 20.1 Å². The average Bonchev–Trinajstić information content (AvgIpc) is 2.95. The molecular formula is C19H22O6. The molecule has 8 atom stereocenters. The van der Waals surface area contributed by atoms with E-state index in [0.717, 1.165) is 0 Å². The van der Waals surface area contributed by atoms with Crippen LogP contribution in [-0.4, -0.2) is 44.6 Å². The molecule has 6 nitrogen and oxygen atoms in total. The fourth-order valence-electron chi connectivity index (χ4n) is 7.13. The van der Waals surface area contributed by atoms with Crippen molar-refractivity contribution in [3.8, 4) is 0 Å². The van der Waals surface area contributed by atoms with Crippen LogP contribution < -0.4 is 0 Å². The Balaban J connectivity index is 1.78. The van der Waals surface area contributed by atoms with Crippen molar-refractivity contribution in [3.05, 3.63) is 24.3 Å². The molecule has 0 radical (unpaired) electrons. The number of aliphatic carboxylic acids is 1. The van der Waals surface area contributed by atoms with Gasteiger partial charge in [0.2, 0.25) is 0 Å². The lowest BCUT2D eigenvalue weighted by atomic mass is 9.61. The molecule has 0 aromatic carbocycles. The molecule has 1 spiro atoms. The molecule has 5 aliphatic rings. The SMILES string of the molecule is C=C1C[C@]23C[C@@]1(O)CC[C@H]2[C@@]12C=C[C@H](O)[C@@](C)(C(=O)O1)[C@H]2[C@H]3C(=O)O. The number of ether oxygens (including phenoxy) is 1. The predicted molar refractivity (Wildman–Crippen MR) is 85.2 cm³/mol. The molecule has 25 heavy (non-hydrogen) atoms. The number of carboxylic acid groups (broad SMARTS) is 1. The summed E-state index contributed by atoms with van der Waals surface area (Å²) >= 11 is 0. The van der Waals surface area contributed by atoms with Gasteiger partial charge in [0.05, 0.1) is 17.6 Å². The first kappa shape index (κ1) is 15.6. The van der Waals surface area contributed by atoms with Gasteiger partial charge in [-0.2, -0.15) is 0 Å². The van der Waals surface area contributed by atoms with Crippen LogP contribution in [0.25, 0.3) is 0 Å². The number of hydrogen-bond donors (Lipinski definition) is 3. The molecule has 3 saturated carbocycles. The molecule has 0 aromatic rings. The Morgan fingerprint density at radius 3 is 2.84 bits per heavy atom. The number of carbonyl (C=O) groups is 2. The minimum Gasteiger partial charge on any atom is -0.481 e. The molecule has 4 aliphatic carbocycles. The highest BCUT2D eigenvalue weighted by Gasteiger charge is 2.83. The van der Waals surface area contributed by atoms with Crippen LogP contribution in [0.3, 0.4) is 0 Å². The molecular weight excluding hydrogens is 324 g/mol. The highest BCUT2D eigenvalue weighted by Crippen LogP contribution is 2.77. The van der Waals surface area contributed by atoms with Gasteiger partial charge in [-0.1, -0.05) is 12.7 Å². The van der Waals surface area contributed by atoms with Crippen molar-refractivity contribution in [1.82, 2.24) is 0 Å². The molecule has 0 unspecified atom stereocenters. The quantitative estimate of drug-likeness (QED) is 0.484. The zero-order valence-electron chi connectivity index (χ0n) is 14.1. The van der Waals surface area contributed by atoms with E-state index in [-0.39, 0.29) is 5.92 Å². The van der Waals surface area contributed by atoms with Crippen LogP contribution in [0.1, 0.15) is 32.6 Å². The third-order valence-electron chi connectivity index (χ3n) is 8.12. The number of hydrogen-bond acceptors (Lipinski definition) is 5. The maximum atomic E-state index is 12.7. The molecule has 0 aromatic heterocycles. The summed E-state index contributed by atoms with van der Waals surface area (Å²) < 4.78 is 5.87. The Bertz CT molecular complexity index is 772. The number of aliphatic hydroxyl groups excluding tert-OH is 1. The van der Waals surface area contributed by atoms with Crippen LogP contribution in [0.5, 0.6) is 0 Å². The molecule has 134 valence electrons. The summed E-state index contributed by atoms with van der Waals surface area (Å²) in [5.74, 6) is -3.18. The maximum absolute atomic E-state index is 12.7. The topological polar surface area (TPSA) is 104 Å². The van der Waals surface area contributed by atoms with Crippen molar-refractivity contribution in [1.29, 1.82) is 0 Å². The van der Waals surface area contributed by atoms with E-state index in [1.54, 1.807) is 19.1 Å². The molecule has 4 bridgehead atoms. The first-order valence-corrected chi connectivity index (χ1v) is 8.86. The van der Waals surface area contributed by atoms with E-state index in [1.165, 1.54) is 0 Å². The monoisotopic (exact) mass is 346 g/mol. The average molecular weight is 346 g/mol. The van der Waals surface area contributed by atoms with Crippen molar-refractivity contribution in [3.63, 3.8) is 0 Å². The molecule has 0 amide bonds. The number of fused-ring (bicyclic) bond motifs is 1. The minimum atomic E-state index is -1.27. The molecule has 5 rings (SSSR count). The molecule has 1 aliphatic heterocycles. The summed E-state index contributed by atoms with van der Waals surface area (Å²) in [5, 5.41) is 31.6. The Morgan fingerprint density at radius 1 is 1.44 bits per heavy atom. The van der Waals surface area contributed by atoms with Gasteiger partial charge in [0.15, 0.2) is 0 Å². The molecule has 1 saturated heterocycles. The van der Waals surface area contributed by atoms with Gasteiger partial charge in [-0.25, -0.2) is 0 Å². The number of carboxylic acids is 1. The van der Waals surface area contributed by atoms with E-state index in [4.69, 9.17) is 4.74 Å². The largest absolute Gasteiger partial charge is 0.481 e. The van der Waals surface area contributed by atoms with Gasteiger partial charge in [0, 0.05) is 11.8 Å². The fraction of sp³-hybridized carbons (Fsp3) is 0.684. The van der Waals surface area contributed by atoms with E-state index in [2.05, 4.69) is 6.58 Å². The van der Waals surface area contributed by atoms with E-state index in [9.17, 15) is 24.9 Å². The molecule has 3 N–H and O–H groups in total. The minimum absolute atomic E-state index is 0.180. The normalized spacial score (nSPS) is 58.0. The predicted octanol–water partition coefficient (Wildman–Crippen LogP) is 1.03. The summed E-state index contributed by atoms with van der Waals surface area (Å²) in [6.07, 6.45) is 4.11. The van der Waals surface area contributed by atoms with E-state index < -0.39 is 51.9 Å². The van der Waals surface area contributed by atoms with Gasteiger partial charge in [-0.05, 0) is 49.7 Å². The van der Waals surface area contributed by atoms with Crippen molar-refractivity contribution < 1.29 is 29.6 Å². The van der Waals surface area contributed by atoms with E-state index in [0.29, 0.717) is 31.3 Å². The third-order valence-corrected chi connectivity index (χ3v) is 8.12. The van der Waals surface area contributed by atoms with Crippen LogP contribution in [0.4, 0.5) is 0 Å². The van der Waals surface area contributed by atoms with Crippen LogP contribution >= 0.6 is 0 Å². The summed E-state index contributed by atoms with van der Waals surface area (Å²) in [7, 11) is 0. The lowest BCUT2D eigenvalue weighted by molar-refractivity contribution is -0.163. The number of aliphatic hydroxyl groups is 2. The summed E-state index contributed by atoms with van der Waals surface area (Å²) in [4.78, 5) is 25.1. The highest BCUT2D eigenvalue weighted by molar-refractivity contribution is 5.86. The van der Waals surface area contributed by atoms with Crippen LogP contribution in [-0.2, 0) is 14.3 Å². The van der Waals surface area contributed by atoms with E-state index >= 15 is 0 Å². The third kappa shape index (κ3) is 1.36. The van der Waals surface area contributed by atoms with Crippen molar-refractivity contribution in [2.24, 2.45) is 28.6 Å². The van der Waals surface area contributed by atoms with Crippen molar-refractivity contribution in [2.75, 3.05) is 0 Å². The second kappa shape index (κ2) is 4.01. The first-order valence-electron chi connectivity index (χ1n) is 8.86. The Morgan fingerprint density at radius 2 is 2.16 bits per heavy atom. The Labute approximate surface area is 145 Å². The van der Waals surface area contributed by atoms with Gasteiger partial charge in [-0.15, -0.1) is 0 Å². The van der Waals surface area contributed by atoms with Gasteiger partial charge in [0.1, 0.15) is 11.0 Å². The lowest BCUT2D eigenvalue weighted by Crippen LogP contribution is -2.50. The standard InChI is InChI=1S/C19H22O6/c1-9-7-17-8-18(9,24)5-3-10(17)19-6-4-11(20)16(2,15(23)25-19)13(19)12(17)14(21)22/h4,6,10-13,20,24H,1,3,5,7-8H2,2H3,(H,21,22)/t10-,11+,12+,13-,16-,17+,18+,19-/m1/s1. The van der Waals surface area contributed by atoms with Crippen LogP contribution in [0.2, 0.25) is 0 Å². The van der Waals surface area contributed by atoms with Gasteiger partial charge in [0.25, 0.3) is 0 Å². The number of esters is 1. The summed E-state index contributed by atoms with van der Waals surface area (Å²) in [5.41, 5.74) is -3.29. The van der Waals surface area contributed by atoms with Crippen molar-refractivity contribution >= 4 is 11.9 Å². The van der Waals surface area contributed by atoms with Gasteiger partial charge >= 0.3 is 11.9 Å². The molecule has 4 fully saturated rings. The first-order chi connectivity index (χ1) is 11.6. The summed E-state index contributed by atoms with van der Waals surface area (Å²) in [6, 6.07) is 0. The van der Waals surface area contributed by atoms with E-state index in [1.807, 2.05) is 0 Å². The highest BCUT2D eigenvalue weighted by atomic mass is 16.6. The molecule has 1 heterocycles. The Hall–Kier alpha value is -1.66. The second-order valence-corrected chi connectivity index (χ2v) is 8.94. The molecule has 6 heteroatoms. The Kier molecular flexibility index (Phi) is 2.50. The van der Waals surface area contributed by atoms with Crippen LogP contribution in [0.15, 0.2) is 24.3 Å². The summed E-state index contributed by atoms with van der Waals surface area (Å²) in [6.45, 7) is 5.64. The maximum Gasteiger partial charge on any atom is 0.316 e. The smallest absolute Gasteiger partial charge is 0.316 e. The number of carbonyl (C=O) groups excluding carboxylic acids is 1. The lowest BCUT2D eigenvalue weighted by Gasteiger charge is -2.44. The fourth-order valence-corrected chi connectivity index (χ4v) is 7.13.